The molecular formula is C21H30O2. The predicted octanol–water partition coefficient (Wildman–Crippen LogP) is 5.00. The molecule has 0 saturated carbocycles. The average molecular weight is 314 g/mol. The van der Waals surface area contributed by atoms with Crippen molar-refractivity contribution in [3.63, 3.8) is 0 Å². The van der Waals surface area contributed by atoms with Crippen LogP contribution < -0.4 is 0 Å². The summed E-state index contributed by atoms with van der Waals surface area (Å²) in [6.45, 7) is 2.36. The van der Waals surface area contributed by atoms with E-state index in [2.05, 4.69) is 24.8 Å². The molecule has 2 atom stereocenters. The Morgan fingerprint density at radius 3 is 2.48 bits per heavy atom. The summed E-state index contributed by atoms with van der Waals surface area (Å²) in [5.74, 6) is 6.54. The Morgan fingerprint density at radius 1 is 1.04 bits per heavy atom. The topological polar surface area (TPSA) is 32.8 Å². The van der Waals surface area contributed by atoms with Gasteiger partial charge in [-0.1, -0.05) is 75.8 Å². The number of ether oxygens (including phenoxy) is 1. The van der Waals surface area contributed by atoms with E-state index in [0.29, 0.717) is 0 Å². The molecule has 2 nitrogen and oxygen atoms in total. The lowest BCUT2D eigenvalue weighted by Gasteiger charge is -1.99. The molecule has 0 spiro atoms. The first-order valence-corrected chi connectivity index (χ1v) is 9.20. The smallest absolute Gasteiger partial charge is 0.112 e. The van der Waals surface area contributed by atoms with Gasteiger partial charge in [0.25, 0.3) is 0 Å². The van der Waals surface area contributed by atoms with Gasteiger partial charge in [0.1, 0.15) is 12.2 Å². The van der Waals surface area contributed by atoms with Crippen LogP contribution in [0.25, 0.3) is 0 Å². The standard InChI is InChI=1S/C21H30O2/c1-2-3-4-5-6-7-8-9-10-11-13-18-14-12-15-19(16-18)21-20(17-22)23-21/h12,14-16,20-22H,2-10,17H2,1H3/t20-,21?/m1/s1. The molecule has 1 aliphatic rings. The van der Waals surface area contributed by atoms with Crippen LogP contribution >= 0.6 is 0 Å². The SMILES string of the molecule is CCCCCCCCCCC#Cc1cccc(C2O[C@@H]2CO)c1. The van der Waals surface area contributed by atoms with Crippen molar-refractivity contribution in [1.82, 2.24) is 0 Å². The highest BCUT2D eigenvalue weighted by atomic mass is 16.6. The Kier molecular flexibility index (Phi) is 8.21. The van der Waals surface area contributed by atoms with Crippen LogP contribution in [0.5, 0.6) is 0 Å². The van der Waals surface area contributed by atoms with Gasteiger partial charge in [-0.15, -0.1) is 0 Å². The van der Waals surface area contributed by atoms with Crippen molar-refractivity contribution >= 4 is 0 Å². The highest BCUT2D eigenvalue weighted by molar-refractivity contribution is 5.39. The van der Waals surface area contributed by atoms with Crippen molar-refractivity contribution in [1.29, 1.82) is 0 Å². The molecule has 23 heavy (non-hydrogen) atoms. The van der Waals surface area contributed by atoms with Crippen LogP contribution in [0.1, 0.15) is 81.9 Å². The molecule has 0 bridgehead atoms. The Hall–Kier alpha value is -1.30. The van der Waals surface area contributed by atoms with Gasteiger partial charge in [0.2, 0.25) is 0 Å². The molecule has 0 amide bonds. The van der Waals surface area contributed by atoms with E-state index >= 15 is 0 Å². The lowest BCUT2D eigenvalue weighted by Crippen LogP contribution is -1.94. The van der Waals surface area contributed by atoms with E-state index in [0.717, 1.165) is 17.5 Å². The molecule has 2 heteroatoms. The molecule has 1 unspecified atom stereocenters. The summed E-state index contributed by atoms with van der Waals surface area (Å²) >= 11 is 0. The first kappa shape index (κ1) is 18.0. The summed E-state index contributed by atoms with van der Waals surface area (Å²) in [6, 6.07) is 8.19. The maximum Gasteiger partial charge on any atom is 0.112 e. The summed E-state index contributed by atoms with van der Waals surface area (Å²) in [5.41, 5.74) is 2.18. The quantitative estimate of drug-likeness (QED) is 0.374. The summed E-state index contributed by atoms with van der Waals surface area (Å²) in [6.07, 6.45) is 11.8. The van der Waals surface area contributed by atoms with E-state index in [1.165, 1.54) is 51.4 Å². The van der Waals surface area contributed by atoms with Crippen LogP contribution in [0.2, 0.25) is 0 Å². The van der Waals surface area contributed by atoms with Gasteiger partial charge in [0.15, 0.2) is 0 Å². The number of aliphatic hydroxyl groups excluding tert-OH is 1. The van der Waals surface area contributed by atoms with Crippen LogP contribution in [0, 0.1) is 11.8 Å². The Morgan fingerprint density at radius 2 is 1.78 bits per heavy atom. The Bertz CT molecular complexity index is 512. The molecule has 1 aliphatic heterocycles. The van der Waals surface area contributed by atoms with Crippen LogP contribution in [0.3, 0.4) is 0 Å². The normalized spacial score (nSPS) is 19.2. The fraction of sp³-hybridized carbons (Fsp3) is 0.619. The lowest BCUT2D eigenvalue weighted by molar-refractivity contribution is 0.242. The third kappa shape index (κ3) is 6.77. The van der Waals surface area contributed by atoms with Gasteiger partial charge in [-0.2, -0.15) is 0 Å². The molecule has 0 aliphatic carbocycles. The van der Waals surface area contributed by atoms with E-state index in [-0.39, 0.29) is 18.8 Å². The van der Waals surface area contributed by atoms with E-state index in [1.54, 1.807) is 0 Å². The minimum absolute atomic E-state index is 0.0180. The maximum absolute atomic E-state index is 9.06. The van der Waals surface area contributed by atoms with E-state index in [4.69, 9.17) is 9.84 Å². The highest BCUT2D eigenvalue weighted by Crippen LogP contribution is 2.38. The minimum Gasteiger partial charge on any atom is -0.394 e. The van der Waals surface area contributed by atoms with E-state index in [9.17, 15) is 0 Å². The number of aliphatic hydroxyl groups is 1. The molecule has 0 radical (unpaired) electrons. The first-order valence-electron chi connectivity index (χ1n) is 9.20. The second-order valence-electron chi connectivity index (χ2n) is 6.43. The van der Waals surface area contributed by atoms with Crippen molar-refractivity contribution in [2.75, 3.05) is 6.61 Å². The average Bonchev–Trinajstić information content (AvgIpc) is 3.37. The van der Waals surface area contributed by atoms with Gasteiger partial charge in [-0.25, -0.2) is 0 Å². The van der Waals surface area contributed by atoms with Gasteiger partial charge < -0.3 is 9.84 Å². The molecule has 0 aromatic heterocycles. The van der Waals surface area contributed by atoms with Crippen molar-refractivity contribution < 1.29 is 9.84 Å². The largest absolute Gasteiger partial charge is 0.394 e. The predicted molar refractivity (Wildman–Crippen MR) is 95.2 cm³/mol. The number of epoxide rings is 1. The van der Waals surface area contributed by atoms with Crippen LogP contribution in [-0.4, -0.2) is 17.8 Å². The van der Waals surface area contributed by atoms with Crippen molar-refractivity contribution in [2.45, 2.75) is 76.9 Å². The monoisotopic (exact) mass is 314 g/mol. The fourth-order valence-electron chi connectivity index (χ4n) is 2.88. The highest BCUT2D eigenvalue weighted by Gasteiger charge is 2.39. The maximum atomic E-state index is 9.06. The summed E-state index contributed by atoms with van der Waals surface area (Å²) in [4.78, 5) is 0. The zero-order valence-corrected chi connectivity index (χ0v) is 14.4. The zero-order valence-electron chi connectivity index (χ0n) is 14.4. The number of benzene rings is 1. The third-order valence-corrected chi connectivity index (χ3v) is 4.37. The van der Waals surface area contributed by atoms with Crippen LogP contribution in [-0.2, 0) is 4.74 Å². The third-order valence-electron chi connectivity index (χ3n) is 4.37. The molecule has 1 saturated heterocycles. The summed E-state index contributed by atoms with van der Waals surface area (Å²) < 4.78 is 5.41. The molecule has 1 aromatic carbocycles. The second kappa shape index (κ2) is 10.5. The van der Waals surface area contributed by atoms with Gasteiger partial charge in [0.05, 0.1) is 6.61 Å². The molecule has 1 aromatic rings. The van der Waals surface area contributed by atoms with Crippen LogP contribution in [0.15, 0.2) is 24.3 Å². The molecule has 1 heterocycles. The summed E-state index contributed by atoms with van der Waals surface area (Å²) in [7, 11) is 0. The van der Waals surface area contributed by atoms with Gasteiger partial charge in [-0.05, 0) is 24.1 Å². The lowest BCUT2D eigenvalue weighted by atomic mass is 10.1. The molecule has 1 fully saturated rings. The molecule has 2 rings (SSSR count). The van der Waals surface area contributed by atoms with Crippen LogP contribution in [0.4, 0.5) is 0 Å². The van der Waals surface area contributed by atoms with Gasteiger partial charge in [-0.3, -0.25) is 0 Å². The van der Waals surface area contributed by atoms with Crippen molar-refractivity contribution in [3.05, 3.63) is 35.4 Å². The van der Waals surface area contributed by atoms with E-state index < -0.39 is 0 Å². The zero-order chi connectivity index (χ0) is 16.3. The molecule has 1 N–H and O–H groups in total. The molecule has 126 valence electrons. The van der Waals surface area contributed by atoms with Gasteiger partial charge in [0, 0.05) is 12.0 Å². The number of hydrogen-bond donors (Lipinski definition) is 1. The first-order chi connectivity index (χ1) is 11.3. The van der Waals surface area contributed by atoms with Crippen molar-refractivity contribution in [2.24, 2.45) is 0 Å². The minimum atomic E-state index is -0.0180. The number of hydrogen-bond acceptors (Lipinski definition) is 2. The fourth-order valence-corrected chi connectivity index (χ4v) is 2.88. The molecular weight excluding hydrogens is 284 g/mol. The van der Waals surface area contributed by atoms with E-state index in [1.807, 2.05) is 18.2 Å². The second-order valence-corrected chi connectivity index (χ2v) is 6.43. The Balaban J connectivity index is 1.60. The number of unbranched alkanes of at least 4 members (excludes halogenated alkanes) is 8. The number of rotatable bonds is 10. The Labute approximate surface area is 141 Å². The van der Waals surface area contributed by atoms with Crippen molar-refractivity contribution in [3.8, 4) is 11.8 Å². The van der Waals surface area contributed by atoms with Gasteiger partial charge >= 0.3 is 0 Å². The summed E-state index contributed by atoms with van der Waals surface area (Å²) in [5, 5.41) is 9.06.